The normalized spacial score (nSPS) is 15.5. The highest BCUT2D eigenvalue weighted by atomic mass is 16.2. The second-order valence-electron chi connectivity index (χ2n) is 7.24. The van der Waals surface area contributed by atoms with Gasteiger partial charge in [-0.3, -0.25) is 4.79 Å². The van der Waals surface area contributed by atoms with Crippen LogP contribution >= 0.6 is 0 Å². The molecule has 29 heavy (non-hydrogen) atoms. The molecule has 1 fully saturated rings. The van der Waals surface area contributed by atoms with E-state index in [1.165, 1.54) is 4.68 Å². The molecule has 0 unspecified atom stereocenters. The van der Waals surface area contributed by atoms with Crippen molar-refractivity contribution in [3.63, 3.8) is 0 Å². The minimum absolute atomic E-state index is 0.0772. The highest BCUT2D eigenvalue weighted by molar-refractivity contribution is 5.89. The van der Waals surface area contributed by atoms with Gasteiger partial charge in [-0.15, -0.1) is 5.10 Å². The molecule has 1 aromatic carbocycles. The zero-order chi connectivity index (χ0) is 20.4. The molecule has 3 amide bonds. The van der Waals surface area contributed by atoms with Gasteiger partial charge in [0, 0.05) is 50.3 Å². The van der Waals surface area contributed by atoms with E-state index in [1.807, 2.05) is 42.3 Å². The predicted octanol–water partition coefficient (Wildman–Crippen LogP) is 0.849. The molecule has 3 aromatic rings. The zero-order valence-electron chi connectivity index (χ0n) is 16.5. The number of urea groups is 1. The number of nitrogens with zero attached hydrogens (tertiary/aromatic N) is 6. The quantitative estimate of drug-likeness (QED) is 0.679. The molecule has 152 valence electrons. The van der Waals surface area contributed by atoms with Gasteiger partial charge < -0.3 is 20.1 Å². The van der Waals surface area contributed by atoms with Crippen LogP contribution in [0.2, 0.25) is 0 Å². The van der Waals surface area contributed by atoms with Crippen LogP contribution in [0.5, 0.6) is 0 Å². The summed E-state index contributed by atoms with van der Waals surface area (Å²) in [6.07, 6.45) is 2.25. The van der Waals surface area contributed by atoms with Crippen LogP contribution in [0.25, 0.3) is 10.9 Å². The van der Waals surface area contributed by atoms with Crippen LogP contribution in [0.15, 0.2) is 30.5 Å². The summed E-state index contributed by atoms with van der Waals surface area (Å²) >= 11 is 0. The molecule has 0 radical (unpaired) electrons. The minimum atomic E-state index is -0.302. The van der Waals surface area contributed by atoms with Gasteiger partial charge in [0.15, 0.2) is 5.82 Å². The van der Waals surface area contributed by atoms with Crippen molar-refractivity contribution in [2.45, 2.75) is 19.4 Å². The van der Waals surface area contributed by atoms with E-state index in [1.54, 1.807) is 11.9 Å². The number of hydrogen-bond donors (Lipinski definition) is 2. The Kier molecular flexibility index (Phi) is 5.15. The van der Waals surface area contributed by atoms with Gasteiger partial charge in [0.1, 0.15) is 0 Å². The first-order chi connectivity index (χ1) is 14.0. The fourth-order valence-corrected chi connectivity index (χ4v) is 3.66. The molecule has 1 aliphatic rings. The van der Waals surface area contributed by atoms with Crippen LogP contribution in [0.4, 0.5) is 4.79 Å². The van der Waals surface area contributed by atoms with Gasteiger partial charge in [-0.05, 0) is 29.0 Å². The van der Waals surface area contributed by atoms with E-state index in [0.29, 0.717) is 38.4 Å². The van der Waals surface area contributed by atoms with E-state index in [9.17, 15) is 9.59 Å². The van der Waals surface area contributed by atoms with E-state index in [-0.39, 0.29) is 18.0 Å². The Morgan fingerprint density at radius 3 is 2.62 bits per heavy atom. The number of carbonyl (C=O) groups is 2. The van der Waals surface area contributed by atoms with Gasteiger partial charge >= 0.3 is 6.03 Å². The lowest BCUT2D eigenvalue weighted by molar-refractivity contribution is -0.131. The summed E-state index contributed by atoms with van der Waals surface area (Å²) in [5.74, 6) is 0.666. The number of H-pyrrole nitrogens is 1. The van der Waals surface area contributed by atoms with Crippen molar-refractivity contribution in [1.82, 2.24) is 40.3 Å². The molecule has 1 atom stereocenters. The van der Waals surface area contributed by atoms with Crippen LogP contribution in [0, 0.1) is 0 Å². The average molecular weight is 396 g/mol. The van der Waals surface area contributed by atoms with Gasteiger partial charge in [-0.1, -0.05) is 18.2 Å². The SMILES string of the molecule is C[C@H](NC(=O)N1CCN(C(=O)Cc2c[nH]c3ccccc23)CC1)c1nnnn1C. The fourth-order valence-electron chi connectivity index (χ4n) is 3.66. The molecule has 0 aliphatic carbocycles. The van der Waals surface area contributed by atoms with Gasteiger partial charge in [-0.2, -0.15) is 0 Å². The van der Waals surface area contributed by atoms with Crippen molar-refractivity contribution in [2.24, 2.45) is 7.05 Å². The standard InChI is InChI=1S/C19H24N8O2/c1-13(18-22-23-24-25(18)2)21-19(29)27-9-7-26(8-10-27)17(28)11-14-12-20-16-6-4-3-5-15(14)16/h3-6,12-13,20H,7-11H2,1-2H3,(H,21,29)/t13-/m0/s1. The monoisotopic (exact) mass is 396 g/mol. The summed E-state index contributed by atoms with van der Waals surface area (Å²) in [5, 5.41) is 15.3. The number of piperazine rings is 1. The molecule has 10 heteroatoms. The van der Waals surface area contributed by atoms with E-state index in [2.05, 4.69) is 25.8 Å². The highest BCUT2D eigenvalue weighted by Gasteiger charge is 2.26. The molecule has 3 heterocycles. The Bertz CT molecular complexity index is 1020. The van der Waals surface area contributed by atoms with Crippen molar-refractivity contribution in [2.75, 3.05) is 26.2 Å². The molecule has 1 aliphatic heterocycles. The third-order valence-electron chi connectivity index (χ3n) is 5.32. The number of aryl methyl sites for hydroxylation is 1. The average Bonchev–Trinajstić information content (AvgIpc) is 3.34. The fraction of sp³-hybridized carbons (Fsp3) is 0.421. The summed E-state index contributed by atoms with van der Waals surface area (Å²) in [6, 6.07) is 7.48. The number of hydrogen-bond acceptors (Lipinski definition) is 5. The molecule has 2 aromatic heterocycles. The Morgan fingerprint density at radius 2 is 1.90 bits per heavy atom. The third-order valence-corrected chi connectivity index (χ3v) is 5.32. The summed E-state index contributed by atoms with van der Waals surface area (Å²) in [5.41, 5.74) is 2.03. The summed E-state index contributed by atoms with van der Waals surface area (Å²) in [4.78, 5) is 32.0. The van der Waals surface area contributed by atoms with E-state index >= 15 is 0 Å². The van der Waals surface area contributed by atoms with Crippen LogP contribution < -0.4 is 5.32 Å². The predicted molar refractivity (Wildman–Crippen MR) is 106 cm³/mol. The number of benzene rings is 1. The molecule has 0 bridgehead atoms. The largest absolute Gasteiger partial charge is 0.361 e. The van der Waals surface area contributed by atoms with Crippen LogP contribution in [0.3, 0.4) is 0 Å². The summed E-state index contributed by atoms with van der Waals surface area (Å²) < 4.78 is 1.53. The number of para-hydroxylation sites is 1. The Morgan fingerprint density at radius 1 is 1.17 bits per heavy atom. The van der Waals surface area contributed by atoms with Crippen molar-refractivity contribution in [1.29, 1.82) is 0 Å². The molecule has 1 saturated heterocycles. The number of nitrogens with one attached hydrogen (secondary N) is 2. The van der Waals surface area contributed by atoms with Crippen molar-refractivity contribution in [3.05, 3.63) is 41.9 Å². The molecule has 2 N–H and O–H groups in total. The lowest BCUT2D eigenvalue weighted by Crippen LogP contribution is -2.53. The Labute approximate surface area is 167 Å². The lowest BCUT2D eigenvalue weighted by Gasteiger charge is -2.35. The maximum absolute atomic E-state index is 12.7. The lowest BCUT2D eigenvalue weighted by atomic mass is 10.1. The second kappa shape index (κ2) is 7.90. The number of fused-ring (bicyclic) bond motifs is 1. The number of tetrazole rings is 1. The smallest absolute Gasteiger partial charge is 0.318 e. The van der Waals surface area contributed by atoms with Gasteiger partial charge in [0.05, 0.1) is 12.5 Å². The number of aromatic amines is 1. The molecule has 4 rings (SSSR count). The van der Waals surface area contributed by atoms with Gasteiger partial charge in [0.2, 0.25) is 5.91 Å². The molecule has 10 nitrogen and oxygen atoms in total. The second-order valence-corrected chi connectivity index (χ2v) is 7.24. The maximum atomic E-state index is 12.7. The topological polar surface area (TPSA) is 112 Å². The Hall–Kier alpha value is -3.43. The van der Waals surface area contributed by atoms with E-state index in [0.717, 1.165) is 16.5 Å². The van der Waals surface area contributed by atoms with Crippen LogP contribution in [-0.4, -0.2) is 73.1 Å². The molecular formula is C19H24N8O2. The summed E-state index contributed by atoms with van der Waals surface area (Å²) in [7, 11) is 1.73. The number of amides is 3. The van der Waals surface area contributed by atoms with Gasteiger partial charge in [0.25, 0.3) is 0 Å². The highest BCUT2D eigenvalue weighted by Crippen LogP contribution is 2.19. The number of aromatic nitrogens is 5. The van der Waals surface area contributed by atoms with Crippen molar-refractivity contribution >= 4 is 22.8 Å². The minimum Gasteiger partial charge on any atom is -0.361 e. The molecular weight excluding hydrogens is 372 g/mol. The first-order valence-corrected chi connectivity index (χ1v) is 9.63. The summed E-state index contributed by atoms with van der Waals surface area (Å²) in [6.45, 7) is 3.87. The Balaban J connectivity index is 1.30. The number of rotatable bonds is 4. The molecule has 0 spiro atoms. The van der Waals surface area contributed by atoms with Gasteiger partial charge in [-0.25, -0.2) is 9.48 Å². The number of carbonyl (C=O) groups excluding carboxylic acids is 2. The zero-order valence-corrected chi connectivity index (χ0v) is 16.5. The van der Waals surface area contributed by atoms with Crippen molar-refractivity contribution in [3.8, 4) is 0 Å². The van der Waals surface area contributed by atoms with E-state index < -0.39 is 0 Å². The third kappa shape index (κ3) is 3.91. The van der Waals surface area contributed by atoms with Crippen LogP contribution in [-0.2, 0) is 18.3 Å². The van der Waals surface area contributed by atoms with Crippen molar-refractivity contribution < 1.29 is 9.59 Å². The van der Waals surface area contributed by atoms with E-state index in [4.69, 9.17) is 0 Å². The molecule has 0 saturated carbocycles. The maximum Gasteiger partial charge on any atom is 0.318 e. The van der Waals surface area contributed by atoms with Crippen LogP contribution in [0.1, 0.15) is 24.4 Å². The first kappa shape index (κ1) is 18.9. The first-order valence-electron chi connectivity index (χ1n) is 9.63.